The van der Waals surface area contributed by atoms with E-state index in [4.69, 9.17) is 9.84 Å². The number of rotatable bonds is 4. The average Bonchev–Trinajstić information content (AvgIpc) is 2.49. The van der Waals surface area contributed by atoms with Crippen LogP contribution in [0, 0.1) is 0 Å². The maximum Gasteiger partial charge on any atom is 0.306 e. The van der Waals surface area contributed by atoms with Crippen LogP contribution in [0.2, 0.25) is 0 Å². The number of esters is 1. The first kappa shape index (κ1) is 10.1. The Kier molecular flexibility index (Phi) is 3.76. The molecule has 4 heteroatoms. The number of thiophene rings is 1. The van der Waals surface area contributed by atoms with Crippen molar-refractivity contribution in [2.24, 2.45) is 0 Å². The molecule has 0 aromatic carbocycles. The molecule has 1 heterocycles. The van der Waals surface area contributed by atoms with Crippen molar-refractivity contribution in [2.75, 3.05) is 6.61 Å². The van der Waals surface area contributed by atoms with Crippen molar-refractivity contribution in [3.63, 3.8) is 0 Å². The SMILES string of the molecule is CCOC(=O)CCc1cc(O)cs1. The van der Waals surface area contributed by atoms with Gasteiger partial charge < -0.3 is 9.84 Å². The number of hydrogen-bond acceptors (Lipinski definition) is 4. The lowest BCUT2D eigenvalue weighted by Gasteiger charge is -1.99. The molecule has 0 bridgehead atoms. The molecule has 0 aliphatic carbocycles. The predicted octanol–water partition coefficient (Wildman–Crippen LogP) is 1.95. The quantitative estimate of drug-likeness (QED) is 0.756. The first-order chi connectivity index (χ1) is 6.22. The molecule has 1 N–H and O–H groups in total. The van der Waals surface area contributed by atoms with E-state index in [1.807, 2.05) is 0 Å². The zero-order valence-corrected chi connectivity index (χ0v) is 8.26. The van der Waals surface area contributed by atoms with E-state index >= 15 is 0 Å². The van der Waals surface area contributed by atoms with Gasteiger partial charge in [-0.15, -0.1) is 11.3 Å². The minimum atomic E-state index is -0.185. The Bertz CT molecular complexity index is 280. The summed E-state index contributed by atoms with van der Waals surface area (Å²) in [6, 6.07) is 1.67. The lowest BCUT2D eigenvalue weighted by molar-refractivity contribution is -0.143. The monoisotopic (exact) mass is 200 g/mol. The third kappa shape index (κ3) is 3.46. The number of ether oxygens (including phenoxy) is 1. The van der Waals surface area contributed by atoms with Gasteiger partial charge in [0.05, 0.1) is 13.0 Å². The summed E-state index contributed by atoms with van der Waals surface area (Å²) < 4.78 is 4.77. The van der Waals surface area contributed by atoms with Gasteiger partial charge in [0.2, 0.25) is 0 Å². The maximum atomic E-state index is 10.9. The summed E-state index contributed by atoms with van der Waals surface area (Å²) in [5, 5.41) is 10.7. The highest BCUT2D eigenvalue weighted by molar-refractivity contribution is 7.10. The second kappa shape index (κ2) is 4.87. The molecule has 0 radical (unpaired) electrons. The molecule has 72 valence electrons. The fourth-order valence-corrected chi connectivity index (χ4v) is 1.71. The molecule has 0 fully saturated rings. The molecule has 1 rings (SSSR count). The van der Waals surface area contributed by atoms with Crippen LogP contribution in [-0.4, -0.2) is 17.7 Å². The molecule has 1 aromatic rings. The Morgan fingerprint density at radius 3 is 3.00 bits per heavy atom. The highest BCUT2D eigenvalue weighted by Gasteiger charge is 2.04. The first-order valence-corrected chi connectivity index (χ1v) is 5.02. The smallest absolute Gasteiger partial charge is 0.306 e. The standard InChI is InChI=1S/C9H12O3S/c1-2-12-9(11)4-3-8-5-7(10)6-13-8/h5-6,10H,2-4H2,1H3. The molecule has 0 saturated carbocycles. The van der Waals surface area contributed by atoms with Crippen LogP contribution in [0.25, 0.3) is 0 Å². The van der Waals surface area contributed by atoms with Crippen LogP contribution in [0.3, 0.4) is 0 Å². The van der Waals surface area contributed by atoms with Crippen LogP contribution >= 0.6 is 11.3 Å². The Hall–Kier alpha value is -1.03. The van der Waals surface area contributed by atoms with E-state index in [2.05, 4.69) is 0 Å². The highest BCUT2D eigenvalue weighted by Crippen LogP contribution is 2.21. The van der Waals surface area contributed by atoms with Gasteiger partial charge in [-0.3, -0.25) is 4.79 Å². The number of aromatic hydroxyl groups is 1. The van der Waals surface area contributed by atoms with Crippen LogP contribution < -0.4 is 0 Å². The van der Waals surface area contributed by atoms with Gasteiger partial charge >= 0.3 is 5.97 Å². The zero-order chi connectivity index (χ0) is 9.68. The highest BCUT2D eigenvalue weighted by atomic mass is 32.1. The van der Waals surface area contributed by atoms with E-state index in [9.17, 15) is 4.79 Å². The van der Waals surface area contributed by atoms with Crippen molar-refractivity contribution in [3.05, 3.63) is 16.3 Å². The van der Waals surface area contributed by atoms with Crippen molar-refractivity contribution >= 4 is 17.3 Å². The van der Waals surface area contributed by atoms with E-state index in [0.29, 0.717) is 19.4 Å². The Balaban J connectivity index is 2.30. The van der Waals surface area contributed by atoms with Crippen LogP contribution in [0.4, 0.5) is 0 Å². The first-order valence-electron chi connectivity index (χ1n) is 4.14. The summed E-state index contributed by atoms with van der Waals surface area (Å²) in [6.45, 7) is 2.21. The van der Waals surface area contributed by atoms with Gasteiger partial charge in [0, 0.05) is 10.3 Å². The summed E-state index contributed by atoms with van der Waals surface area (Å²) >= 11 is 1.45. The Morgan fingerprint density at radius 1 is 1.69 bits per heavy atom. The van der Waals surface area contributed by atoms with Gasteiger partial charge in [-0.2, -0.15) is 0 Å². The van der Waals surface area contributed by atoms with Crippen LogP contribution in [0.5, 0.6) is 5.75 Å². The van der Waals surface area contributed by atoms with Gasteiger partial charge in [-0.1, -0.05) is 0 Å². The van der Waals surface area contributed by atoms with Gasteiger partial charge in [0.1, 0.15) is 5.75 Å². The van der Waals surface area contributed by atoms with Crippen LogP contribution in [-0.2, 0) is 16.0 Å². The molecule has 0 aliphatic rings. The molecule has 0 saturated heterocycles. The Labute approximate surface area is 81.0 Å². The number of carbonyl (C=O) groups excluding carboxylic acids is 1. The summed E-state index contributed by atoms with van der Waals surface area (Å²) in [5.41, 5.74) is 0. The lowest BCUT2D eigenvalue weighted by atomic mass is 10.2. The van der Waals surface area contributed by atoms with Crippen LogP contribution in [0.15, 0.2) is 11.4 Å². The van der Waals surface area contributed by atoms with E-state index in [0.717, 1.165) is 4.88 Å². The van der Waals surface area contributed by atoms with Crippen molar-refractivity contribution in [2.45, 2.75) is 19.8 Å². The molecule has 0 aliphatic heterocycles. The summed E-state index contributed by atoms with van der Waals surface area (Å²) in [4.78, 5) is 11.9. The Morgan fingerprint density at radius 2 is 2.46 bits per heavy atom. The zero-order valence-electron chi connectivity index (χ0n) is 7.45. The predicted molar refractivity (Wildman–Crippen MR) is 50.9 cm³/mol. The molecule has 0 unspecified atom stereocenters. The number of aryl methyl sites for hydroxylation is 1. The van der Waals surface area contributed by atoms with Crippen molar-refractivity contribution in [1.82, 2.24) is 0 Å². The molecule has 0 amide bonds. The third-order valence-corrected chi connectivity index (χ3v) is 2.50. The van der Waals surface area contributed by atoms with E-state index in [1.165, 1.54) is 11.3 Å². The molecular formula is C9H12O3S. The molecular weight excluding hydrogens is 188 g/mol. The minimum Gasteiger partial charge on any atom is -0.507 e. The van der Waals surface area contributed by atoms with Gasteiger partial charge in [0.15, 0.2) is 0 Å². The van der Waals surface area contributed by atoms with E-state index in [-0.39, 0.29) is 11.7 Å². The lowest BCUT2D eigenvalue weighted by Crippen LogP contribution is -2.04. The molecule has 0 spiro atoms. The largest absolute Gasteiger partial charge is 0.507 e. The van der Waals surface area contributed by atoms with Gasteiger partial charge in [-0.25, -0.2) is 0 Å². The third-order valence-electron chi connectivity index (χ3n) is 1.52. The fraction of sp³-hybridized carbons (Fsp3) is 0.444. The van der Waals surface area contributed by atoms with Crippen LogP contribution in [0.1, 0.15) is 18.2 Å². The molecule has 0 atom stereocenters. The van der Waals surface area contributed by atoms with E-state index in [1.54, 1.807) is 18.4 Å². The normalized spacial score (nSPS) is 9.92. The molecule has 1 aromatic heterocycles. The number of carbonyl (C=O) groups is 1. The van der Waals surface area contributed by atoms with Gasteiger partial charge in [-0.05, 0) is 19.4 Å². The number of hydrogen-bond donors (Lipinski definition) is 1. The van der Waals surface area contributed by atoms with Crippen molar-refractivity contribution < 1.29 is 14.6 Å². The summed E-state index contributed by atoms with van der Waals surface area (Å²) in [7, 11) is 0. The summed E-state index contributed by atoms with van der Waals surface area (Å²) in [5.74, 6) is 0.0826. The molecule has 3 nitrogen and oxygen atoms in total. The second-order valence-corrected chi connectivity index (χ2v) is 3.57. The van der Waals surface area contributed by atoms with Crippen molar-refractivity contribution in [1.29, 1.82) is 0 Å². The second-order valence-electron chi connectivity index (χ2n) is 2.58. The topological polar surface area (TPSA) is 46.5 Å². The van der Waals surface area contributed by atoms with Crippen molar-refractivity contribution in [3.8, 4) is 5.75 Å². The molecule has 13 heavy (non-hydrogen) atoms. The fourth-order valence-electron chi connectivity index (χ4n) is 0.959. The van der Waals surface area contributed by atoms with Gasteiger partial charge in [0.25, 0.3) is 0 Å². The minimum absolute atomic E-state index is 0.185. The van der Waals surface area contributed by atoms with E-state index < -0.39 is 0 Å². The summed E-state index contributed by atoms with van der Waals surface area (Å²) in [6.07, 6.45) is 1.03. The maximum absolute atomic E-state index is 10.9. The average molecular weight is 200 g/mol.